The minimum Gasteiger partial charge on any atom is -0.493 e. The molecule has 0 radical (unpaired) electrons. The summed E-state index contributed by atoms with van der Waals surface area (Å²) in [5.74, 6) is 2.74. The van der Waals surface area contributed by atoms with Crippen LogP contribution in [0.4, 0.5) is 17.1 Å². The van der Waals surface area contributed by atoms with Crippen LogP contribution in [0.15, 0.2) is 66.9 Å². The average molecular weight is 602 g/mol. The van der Waals surface area contributed by atoms with Crippen LogP contribution in [0.25, 0.3) is 10.9 Å². The number of carbonyl (C=O) groups excluding carboxylic acids is 2. The molecule has 0 unspecified atom stereocenters. The lowest BCUT2D eigenvalue weighted by Crippen LogP contribution is -2.36. The molecule has 44 heavy (non-hydrogen) atoms. The third-order valence-electron chi connectivity index (χ3n) is 7.04. The molecule has 0 aliphatic carbocycles. The van der Waals surface area contributed by atoms with Gasteiger partial charge in [0.1, 0.15) is 17.8 Å². The largest absolute Gasteiger partial charge is 0.493 e. The third kappa shape index (κ3) is 9.60. The molecule has 10 nitrogen and oxygen atoms in total. The molecule has 2 heterocycles. The lowest BCUT2D eigenvalue weighted by atomic mass is 10.1. The monoisotopic (exact) mass is 601 g/mol. The molecule has 3 aromatic carbocycles. The van der Waals surface area contributed by atoms with Crippen LogP contribution in [-0.2, 0) is 9.59 Å². The number of fused-ring (bicyclic) bond motifs is 1. The molecule has 0 bridgehead atoms. The Morgan fingerprint density at radius 2 is 1.48 bits per heavy atom. The molecule has 1 aliphatic rings. The van der Waals surface area contributed by atoms with Crippen molar-refractivity contribution in [1.82, 2.24) is 9.88 Å². The van der Waals surface area contributed by atoms with Crippen LogP contribution in [0.1, 0.15) is 31.7 Å². The van der Waals surface area contributed by atoms with Gasteiger partial charge in [-0.05, 0) is 87.9 Å². The fourth-order valence-corrected chi connectivity index (χ4v) is 4.65. The maximum atomic E-state index is 9.17. The maximum Gasteiger partial charge on any atom is 0.204 e. The summed E-state index contributed by atoms with van der Waals surface area (Å²) >= 11 is 0. The zero-order valence-electron chi connectivity index (χ0n) is 26.1. The van der Waals surface area contributed by atoms with Crippen LogP contribution in [0.2, 0.25) is 0 Å². The van der Waals surface area contributed by atoms with E-state index in [9.17, 15) is 4.79 Å². The van der Waals surface area contributed by atoms with Gasteiger partial charge in [0, 0.05) is 53.2 Å². The molecule has 1 fully saturated rings. The second kappa shape index (κ2) is 17.3. The highest BCUT2D eigenvalue weighted by Crippen LogP contribution is 2.38. The first kappa shape index (κ1) is 33.7. The Labute approximate surface area is 259 Å². The quantitative estimate of drug-likeness (QED) is 0.189. The van der Waals surface area contributed by atoms with Crippen molar-refractivity contribution < 1.29 is 23.8 Å². The Morgan fingerprint density at radius 3 is 2.09 bits per heavy atom. The van der Waals surface area contributed by atoms with Gasteiger partial charge in [-0.15, -0.1) is 0 Å². The number of aldehydes is 1. The van der Waals surface area contributed by atoms with E-state index < -0.39 is 0 Å². The SMILES string of the molecule is CCC=O.COc1cc2nccc(Oc3cc(Nc4ccc(NC5CCN(C)CC5)cc4)ccc3C)c2cc1OC.NC=O. The van der Waals surface area contributed by atoms with Crippen LogP contribution < -0.4 is 30.6 Å². The number of ether oxygens (including phenoxy) is 3. The number of nitrogens with two attached hydrogens (primary N) is 1. The van der Waals surface area contributed by atoms with Crippen molar-refractivity contribution in [1.29, 1.82) is 0 Å². The standard InChI is InChI=1S/C30H34N4O3.C3H6O.CH3NO/c1-20-5-6-24(33-22-9-7-21(8-10-22)32-23-12-15-34(2)16-13-23)17-28(20)37-27-11-14-31-26-19-30(36-4)29(35-3)18-25(26)27;1-2-3-4;2-1-3/h5-11,14,17-19,23,32-33H,12-13,15-16H2,1-4H3;3H,2H2,1H3;1H,(H2,2,3). The van der Waals surface area contributed by atoms with Crippen molar-refractivity contribution in [2.45, 2.75) is 39.2 Å². The number of primary amides is 1. The number of hydrogen-bond acceptors (Lipinski definition) is 9. The van der Waals surface area contributed by atoms with Gasteiger partial charge in [0.15, 0.2) is 11.5 Å². The number of aromatic nitrogens is 1. The molecular weight excluding hydrogens is 558 g/mol. The number of carbonyl (C=O) groups is 2. The first-order valence-electron chi connectivity index (χ1n) is 14.6. The second-order valence-corrected chi connectivity index (χ2v) is 10.3. The Morgan fingerprint density at radius 1 is 0.886 bits per heavy atom. The average Bonchev–Trinajstić information content (AvgIpc) is 3.04. The lowest BCUT2D eigenvalue weighted by molar-refractivity contribution is -0.108. The van der Waals surface area contributed by atoms with Gasteiger partial charge < -0.3 is 40.3 Å². The number of aryl methyl sites for hydroxylation is 1. The fraction of sp³-hybridized carbons (Fsp3) is 0.324. The van der Waals surface area contributed by atoms with Crippen molar-refractivity contribution in [2.75, 3.05) is 45.0 Å². The molecule has 1 saturated heterocycles. The topological polar surface area (TPSA) is 128 Å². The predicted octanol–water partition coefficient (Wildman–Crippen LogP) is 6.30. The van der Waals surface area contributed by atoms with E-state index in [2.05, 4.69) is 69.7 Å². The highest BCUT2D eigenvalue weighted by atomic mass is 16.5. The number of likely N-dealkylation sites (tertiary alicyclic amines) is 1. The Kier molecular flexibility index (Phi) is 13.3. The van der Waals surface area contributed by atoms with Gasteiger partial charge >= 0.3 is 0 Å². The number of amides is 1. The van der Waals surface area contributed by atoms with E-state index in [-0.39, 0.29) is 6.41 Å². The van der Waals surface area contributed by atoms with Crippen LogP contribution in [0.3, 0.4) is 0 Å². The van der Waals surface area contributed by atoms with Crippen LogP contribution >= 0.6 is 0 Å². The van der Waals surface area contributed by atoms with Crippen molar-refractivity contribution >= 4 is 40.7 Å². The molecule has 4 aromatic rings. The number of benzene rings is 3. The van der Waals surface area contributed by atoms with Crippen molar-refractivity contribution in [3.05, 3.63) is 72.4 Å². The number of methoxy groups -OCH3 is 2. The highest BCUT2D eigenvalue weighted by Gasteiger charge is 2.16. The van der Waals surface area contributed by atoms with E-state index >= 15 is 0 Å². The molecule has 0 saturated carbocycles. The van der Waals surface area contributed by atoms with Gasteiger partial charge in [-0.3, -0.25) is 9.78 Å². The number of pyridine rings is 1. The first-order valence-corrected chi connectivity index (χ1v) is 14.6. The van der Waals surface area contributed by atoms with Crippen LogP contribution in [-0.4, -0.2) is 63.0 Å². The van der Waals surface area contributed by atoms with Crippen molar-refractivity contribution in [2.24, 2.45) is 5.73 Å². The van der Waals surface area contributed by atoms with Gasteiger partial charge in [0.05, 0.1) is 19.7 Å². The molecule has 1 aliphatic heterocycles. The lowest BCUT2D eigenvalue weighted by Gasteiger charge is -2.30. The summed E-state index contributed by atoms with van der Waals surface area (Å²) in [6.45, 7) is 6.14. The zero-order valence-corrected chi connectivity index (χ0v) is 26.1. The number of hydrogen-bond donors (Lipinski definition) is 3. The third-order valence-corrected chi connectivity index (χ3v) is 7.04. The summed E-state index contributed by atoms with van der Waals surface area (Å²) in [7, 11) is 5.43. The molecule has 1 aromatic heterocycles. The minimum atomic E-state index is 0.250. The predicted molar refractivity (Wildman–Crippen MR) is 177 cm³/mol. The summed E-state index contributed by atoms with van der Waals surface area (Å²) in [4.78, 5) is 24.6. The molecule has 10 heteroatoms. The summed E-state index contributed by atoms with van der Waals surface area (Å²) in [6, 6.07) is 20.8. The molecule has 4 N–H and O–H groups in total. The Bertz CT molecular complexity index is 1490. The van der Waals surface area contributed by atoms with Gasteiger partial charge in [-0.2, -0.15) is 0 Å². The summed E-state index contributed by atoms with van der Waals surface area (Å²) < 4.78 is 17.3. The van der Waals surface area contributed by atoms with E-state index in [1.54, 1.807) is 20.4 Å². The molecular formula is C34H43N5O5. The Balaban J connectivity index is 0.000000688. The first-order chi connectivity index (χ1) is 21.3. The zero-order chi connectivity index (χ0) is 31.9. The molecule has 1 amide bonds. The van der Waals surface area contributed by atoms with E-state index in [4.69, 9.17) is 19.0 Å². The molecule has 5 rings (SSSR count). The van der Waals surface area contributed by atoms with Crippen molar-refractivity contribution in [3.63, 3.8) is 0 Å². The number of rotatable bonds is 9. The van der Waals surface area contributed by atoms with E-state index in [1.165, 1.54) is 12.8 Å². The van der Waals surface area contributed by atoms with E-state index in [1.807, 2.05) is 38.1 Å². The number of piperidine rings is 1. The summed E-state index contributed by atoms with van der Waals surface area (Å²) in [5, 5.41) is 8.02. The fourth-order valence-electron chi connectivity index (χ4n) is 4.65. The van der Waals surface area contributed by atoms with Crippen LogP contribution in [0, 0.1) is 6.92 Å². The molecule has 0 atom stereocenters. The van der Waals surface area contributed by atoms with Crippen LogP contribution in [0.5, 0.6) is 23.0 Å². The van der Waals surface area contributed by atoms with Gasteiger partial charge in [-0.25, -0.2) is 0 Å². The van der Waals surface area contributed by atoms with Gasteiger partial charge in [0.2, 0.25) is 6.41 Å². The normalized spacial score (nSPS) is 12.9. The van der Waals surface area contributed by atoms with Crippen molar-refractivity contribution in [3.8, 4) is 23.0 Å². The molecule has 234 valence electrons. The van der Waals surface area contributed by atoms with E-state index in [0.29, 0.717) is 29.7 Å². The number of nitrogens with one attached hydrogen (secondary N) is 2. The number of anilines is 3. The van der Waals surface area contributed by atoms with Gasteiger partial charge in [0.25, 0.3) is 0 Å². The smallest absolute Gasteiger partial charge is 0.204 e. The minimum absolute atomic E-state index is 0.250. The maximum absolute atomic E-state index is 9.17. The number of nitrogens with zero attached hydrogens (tertiary/aromatic N) is 2. The summed E-state index contributed by atoms with van der Waals surface area (Å²) in [6.07, 6.45) is 5.85. The summed E-state index contributed by atoms with van der Waals surface area (Å²) in [5.41, 5.74) is 9.11. The second-order valence-electron chi connectivity index (χ2n) is 10.3. The Hall–Kier alpha value is -4.83. The highest BCUT2D eigenvalue weighted by molar-refractivity contribution is 5.88. The van der Waals surface area contributed by atoms with Gasteiger partial charge in [-0.1, -0.05) is 13.0 Å². The molecule has 0 spiro atoms. The van der Waals surface area contributed by atoms with E-state index in [0.717, 1.165) is 58.7 Å².